The minimum atomic E-state index is -0.621. The van der Waals surface area contributed by atoms with Crippen LogP contribution in [0.5, 0.6) is 5.75 Å². The Morgan fingerprint density at radius 2 is 1.66 bits per heavy atom. The summed E-state index contributed by atoms with van der Waals surface area (Å²) >= 11 is 0. The molecule has 0 aromatic heterocycles. The zero-order valence-corrected chi connectivity index (χ0v) is 17.3. The number of hydrogen-bond acceptors (Lipinski definition) is 4. The van der Waals surface area contributed by atoms with Crippen LogP contribution in [0.4, 0.5) is 0 Å². The number of ether oxygens (including phenoxy) is 1. The molecule has 2 N–H and O–H groups in total. The summed E-state index contributed by atoms with van der Waals surface area (Å²) in [5.74, 6) is -0.239. The average molecular weight is 403 g/mol. The fraction of sp³-hybridized carbons (Fsp3) is 0.667. The van der Waals surface area contributed by atoms with Crippen molar-refractivity contribution in [2.75, 3.05) is 0 Å². The second-order valence-electron chi connectivity index (χ2n) is 9.07. The molecule has 0 atom stereocenters. The van der Waals surface area contributed by atoms with Gasteiger partial charge in [0.05, 0.1) is 5.41 Å². The number of carboxylic acids is 1. The Morgan fingerprint density at radius 1 is 0.966 bits per heavy atom. The number of carboxylic acid groups (broad SMARTS) is 1. The lowest BCUT2D eigenvalue weighted by atomic mass is 9.97. The van der Waals surface area contributed by atoms with E-state index in [1.165, 1.54) is 0 Å². The van der Waals surface area contributed by atoms with Gasteiger partial charge in [0.1, 0.15) is 11.4 Å². The number of carbonyl (C=O) groups excluding carboxylic acids is 1. The van der Waals surface area contributed by atoms with E-state index in [1.807, 2.05) is 12.1 Å². The molecule has 0 aliphatic heterocycles. The SMILES string of the molecule is O=COC1(CCCCc2ccc(CCCCCCC3(C(=O)O)CC3)c(O)c2)CC1. The van der Waals surface area contributed by atoms with Gasteiger partial charge in [-0.05, 0) is 87.8 Å². The van der Waals surface area contributed by atoms with Crippen LogP contribution in [-0.4, -0.2) is 28.3 Å². The summed E-state index contributed by atoms with van der Waals surface area (Å²) in [6.45, 7) is 0.573. The third-order valence-electron chi connectivity index (χ3n) is 6.76. The van der Waals surface area contributed by atoms with Gasteiger partial charge in [0.2, 0.25) is 0 Å². The molecule has 29 heavy (non-hydrogen) atoms. The molecule has 5 heteroatoms. The molecule has 0 radical (unpaired) electrons. The van der Waals surface area contributed by atoms with Crippen molar-refractivity contribution < 1.29 is 24.5 Å². The third kappa shape index (κ3) is 6.22. The van der Waals surface area contributed by atoms with E-state index in [0.717, 1.165) is 101 Å². The van der Waals surface area contributed by atoms with Crippen LogP contribution in [0.15, 0.2) is 18.2 Å². The maximum atomic E-state index is 11.2. The van der Waals surface area contributed by atoms with Crippen molar-refractivity contribution in [3.05, 3.63) is 29.3 Å². The highest BCUT2D eigenvalue weighted by atomic mass is 16.5. The fourth-order valence-corrected chi connectivity index (χ4v) is 4.27. The Hall–Kier alpha value is -2.04. The molecule has 5 nitrogen and oxygen atoms in total. The number of hydrogen-bond donors (Lipinski definition) is 2. The van der Waals surface area contributed by atoms with Crippen molar-refractivity contribution >= 4 is 12.4 Å². The van der Waals surface area contributed by atoms with Gasteiger partial charge in [-0.25, -0.2) is 0 Å². The number of phenols is 1. The molecule has 0 bridgehead atoms. The van der Waals surface area contributed by atoms with E-state index >= 15 is 0 Å². The zero-order valence-electron chi connectivity index (χ0n) is 17.3. The molecule has 0 unspecified atom stereocenters. The Morgan fingerprint density at radius 3 is 2.28 bits per heavy atom. The maximum Gasteiger partial charge on any atom is 0.309 e. The maximum absolute atomic E-state index is 11.2. The van der Waals surface area contributed by atoms with Crippen LogP contribution < -0.4 is 0 Å². The number of unbranched alkanes of at least 4 members (excludes halogenated alkanes) is 4. The first-order valence-electron chi connectivity index (χ1n) is 11.1. The number of rotatable bonds is 15. The Kier molecular flexibility index (Phi) is 7.20. The van der Waals surface area contributed by atoms with Crippen molar-refractivity contribution in [3.63, 3.8) is 0 Å². The van der Waals surface area contributed by atoms with Gasteiger partial charge in [0.15, 0.2) is 0 Å². The number of aromatic hydroxyl groups is 1. The van der Waals surface area contributed by atoms with Crippen molar-refractivity contribution in [1.29, 1.82) is 0 Å². The normalized spacial score (nSPS) is 18.2. The predicted octanol–water partition coefficient (Wildman–Crippen LogP) is 5.17. The van der Waals surface area contributed by atoms with Crippen LogP contribution >= 0.6 is 0 Å². The second-order valence-corrected chi connectivity index (χ2v) is 9.07. The molecule has 0 heterocycles. The van der Waals surface area contributed by atoms with Gasteiger partial charge in [0, 0.05) is 0 Å². The van der Waals surface area contributed by atoms with Crippen LogP contribution in [0.2, 0.25) is 0 Å². The molecule has 160 valence electrons. The van der Waals surface area contributed by atoms with Crippen LogP contribution in [0, 0.1) is 5.41 Å². The predicted molar refractivity (Wildman–Crippen MR) is 111 cm³/mol. The van der Waals surface area contributed by atoms with Gasteiger partial charge in [0.25, 0.3) is 6.47 Å². The second kappa shape index (κ2) is 9.64. The van der Waals surface area contributed by atoms with E-state index in [4.69, 9.17) is 4.74 Å². The molecule has 0 amide bonds. The monoisotopic (exact) mass is 402 g/mol. The Bertz CT molecular complexity index is 703. The van der Waals surface area contributed by atoms with Gasteiger partial charge in [-0.2, -0.15) is 0 Å². The molecule has 3 rings (SSSR count). The third-order valence-corrected chi connectivity index (χ3v) is 6.76. The van der Waals surface area contributed by atoms with Gasteiger partial charge in [-0.15, -0.1) is 0 Å². The minimum absolute atomic E-state index is 0.166. The number of aryl methyl sites for hydroxylation is 2. The highest BCUT2D eigenvalue weighted by Crippen LogP contribution is 2.50. The van der Waals surface area contributed by atoms with Crippen LogP contribution in [-0.2, 0) is 27.2 Å². The lowest BCUT2D eigenvalue weighted by Crippen LogP contribution is -2.14. The molecular weight excluding hydrogens is 368 g/mol. The lowest BCUT2D eigenvalue weighted by Gasteiger charge is -2.13. The first-order valence-corrected chi connectivity index (χ1v) is 11.1. The number of carbonyl (C=O) groups is 2. The van der Waals surface area contributed by atoms with E-state index in [-0.39, 0.29) is 5.60 Å². The van der Waals surface area contributed by atoms with Gasteiger partial charge in [-0.3, -0.25) is 9.59 Å². The van der Waals surface area contributed by atoms with E-state index in [0.29, 0.717) is 12.2 Å². The molecule has 1 aromatic carbocycles. The van der Waals surface area contributed by atoms with Crippen molar-refractivity contribution in [1.82, 2.24) is 0 Å². The molecule has 1 aromatic rings. The van der Waals surface area contributed by atoms with E-state index in [1.54, 1.807) is 0 Å². The molecule has 0 spiro atoms. The summed E-state index contributed by atoms with van der Waals surface area (Å²) < 4.78 is 5.17. The molecule has 2 fully saturated rings. The quantitative estimate of drug-likeness (QED) is 0.312. The topological polar surface area (TPSA) is 83.8 Å². The Labute approximate surface area is 173 Å². The van der Waals surface area contributed by atoms with Gasteiger partial charge < -0.3 is 14.9 Å². The first kappa shape index (κ1) is 21.7. The number of phenolic OH excluding ortho intramolecular Hbond substituents is 1. The molecule has 2 aliphatic carbocycles. The number of aliphatic carboxylic acids is 1. The summed E-state index contributed by atoms with van der Waals surface area (Å²) in [7, 11) is 0. The van der Waals surface area contributed by atoms with E-state index in [9.17, 15) is 19.8 Å². The smallest absolute Gasteiger partial charge is 0.309 e. The summed E-state index contributed by atoms with van der Waals surface area (Å²) in [6.07, 6.45) is 13.4. The molecule has 2 aliphatic rings. The van der Waals surface area contributed by atoms with E-state index in [2.05, 4.69) is 6.07 Å². The summed E-state index contributed by atoms with van der Waals surface area (Å²) in [4.78, 5) is 21.7. The van der Waals surface area contributed by atoms with Gasteiger partial charge >= 0.3 is 5.97 Å². The molecular formula is C24H34O5. The van der Waals surface area contributed by atoms with Crippen LogP contribution in [0.1, 0.15) is 88.2 Å². The number of benzene rings is 1. The van der Waals surface area contributed by atoms with Crippen molar-refractivity contribution in [2.45, 2.75) is 95.5 Å². The highest BCUT2D eigenvalue weighted by molar-refractivity contribution is 5.77. The largest absolute Gasteiger partial charge is 0.508 e. The zero-order chi connectivity index (χ0) is 20.7. The summed E-state index contributed by atoms with van der Waals surface area (Å²) in [5.41, 5.74) is 1.58. The van der Waals surface area contributed by atoms with Crippen molar-refractivity contribution in [3.8, 4) is 5.75 Å². The average Bonchev–Trinajstić information content (AvgIpc) is 3.61. The lowest BCUT2D eigenvalue weighted by molar-refractivity contribution is -0.143. The van der Waals surface area contributed by atoms with Crippen LogP contribution in [0.3, 0.4) is 0 Å². The van der Waals surface area contributed by atoms with Crippen LogP contribution in [0.25, 0.3) is 0 Å². The highest BCUT2D eigenvalue weighted by Gasteiger charge is 2.49. The summed E-state index contributed by atoms with van der Waals surface area (Å²) in [6, 6.07) is 6.02. The minimum Gasteiger partial charge on any atom is -0.508 e. The first-order chi connectivity index (χ1) is 14.0. The molecule has 0 saturated heterocycles. The fourth-order valence-electron chi connectivity index (χ4n) is 4.27. The molecule has 2 saturated carbocycles. The Balaban J connectivity index is 1.29. The van der Waals surface area contributed by atoms with E-state index < -0.39 is 11.4 Å². The standard InChI is InChI=1S/C24H34O5/c25-18-29-24(15-16-24)12-6-4-7-19-9-10-20(21(26)17-19)8-3-1-2-5-11-23(13-14-23)22(27)28/h9-10,17-18,26H,1-8,11-16H2,(H,27,28). The summed E-state index contributed by atoms with van der Waals surface area (Å²) in [5, 5.41) is 19.5. The van der Waals surface area contributed by atoms with Crippen molar-refractivity contribution in [2.24, 2.45) is 5.41 Å². The van der Waals surface area contributed by atoms with Gasteiger partial charge in [-0.1, -0.05) is 31.4 Å².